The molecule has 1 aliphatic heterocycles. The van der Waals surface area contributed by atoms with Crippen molar-refractivity contribution in [3.05, 3.63) is 84.5 Å². The lowest BCUT2D eigenvalue weighted by atomic mass is 10.0. The molecule has 13 nitrogen and oxygen atoms in total. The van der Waals surface area contributed by atoms with E-state index in [9.17, 15) is 9.18 Å². The van der Waals surface area contributed by atoms with Crippen LogP contribution in [0.15, 0.2) is 77.5 Å². The van der Waals surface area contributed by atoms with Gasteiger partial charge in [-0.05, 0) is 54.1 Å². The first kappa shape index (κ1) is 28.3. The van der Waals surface area contributed by atoms with Crippen molar-refractivity contribution in [2.24, 2.45) is 0 Å². The maximum Gasteiger partial charge on any atom is 0.252 e. The number of halogens is 1. The molecule has 1 fully saturated rings. The van der Waals surface area contributed by atoms with Crippen LogP contribution in [0.5, 0.6) is 5.75 Å². The van der Waals surface area contributed by atoms with Crippen molar-refractivity contribution >= 4 is 34.2 Å². The summed E-state index contributed by atoms with van der Waals surface area (Å²) in [6.45, 7) is 3.16. The molecule has 1 atom stereocenters. The van der Waals surface area contributed by atoms with Crippen molar-refractivity contribution in [1.29, 1.82) is 0 Å². The standard InChI is InChI=1S/C31H30FN9O4/c1-43-16-17-44-23-9-7-22(8-10-23)38-11-13-39(14-12-38)30(42)26(20-4-2-5-21(32)18-20)40-29-24(19-34-40)28-35-27(25-6-3-15-45-25)37-41(28)31(33)36-29/h2-10,15,18-19,26H,11-14,16-17H2,1H3,(H2,33,36). The number of furan rings is 1. The number of anilines is 2. The van der Waals surface area contributed by atoms with Gasteiger partial charge < -0.3 is 29.4 Å². The number of ether oxygens (including phenoxy) is 2. The minimum Gasteiger partial charge on any atom is -0.491 e. The Morgan fingerprint density at radius 3 is 2.58 bits per heavy atom. The van der Waals surface area contributed by atoms with Gasteiger partial charge in [-0.25, -0.2) is 14.1 Å². The van der Waals surface area contributed by atoms with Gasteiger partial charge in [0.25, 0.3) is 5.91 Å². The zero-order chi connectivity index (χ0) is 30.9. The van der Waals surface area contributed by atoms with E-state index >= 15 is 0 Å². The average Bonchev–Trinajstić information content (AvgIpc) is 3.83. The second-order valence-electron chi connectivity index (χ2n) is 10.5. The van der Waals surface area contributed by atoms with E-state index in [0.717, 1.165) is 11.4 Å². The number of aromatic nitrogens is 6. The van der Waals surface area contributed by atoms with Crippen molar-refractivity contribution in [1.82, 2.24) is 34.3 Å². The number of carbonyl (C=O) groups excluding carboxylic acids is 1. The molecular formula is C31H30FN9O4. The molecule has 0 aliphatic carbocycles. The van der Waals surface area contributed by atoms with Crippen LogP contribution in [0.25, 0.3) is 28.3 Å². The molecule has 1 aliphatic rings. The summed E-state index contributed by atoms with van der Waals surface area (Å²) >= 11 is 0. The maximum absolute atomic E-state index is 14.5. The zero-order valence-electron chi connectivity index (χ0n) is 24.4. The van der Waals surface area contributed by atoms with Crippen molar-refractivity contribution in [3.63, 3.8) is 0 Å². The SMILES string of the molecule is COCCOc1ccc(N2CCN(C(=O)C(c3cccc(F)c3)n3ncc4c3nc(N)n3nc(-c5ccco5)nc43)CC2)cc1. The third kappa shape index (κ3) is 5.40. The number of nitrogen functional groups attached to an aromatic ring is 1. The Morgan fingerprint density at radius 2 is 1.84 bits per heavy atom. The molecular weight excluding hydrogens is 581 g/mol. The Labute approximate surface area is 256 Å². The number of piperazine rings is 1. The van der Waals surface area contributed by atoms with E-state index in [2.05, 4.69) is 25.1 Å². The molecule has 0 spiro atoms. The van der Waals surface area contributed by atoms with Gasteiger partial charge in [0.1, 0.15) is 18.2 Å². The van der Waals surface area contributed by atoms with E-state index in [1.54, 1.807) is 42.5 Å². The van der Waals surface area contributed by atoms with Gasteiger partial charge in [-0.3, -0.25) is 4.79 Å². The van der Waals surface area contributed by atoms with Crippen LogP contribution in [0.3, 0.4) is 0 Å². The van der Waals surface area contributed by atoms with Crippen LogP contribution in [0, 0.1) is 5.82 Å². The lowest BCUT2D eigenvalue weighted by Gasteiger charge is -2.37. The highest BCUT2D eigenvalue weighted by molar-refractivity contribution is 5.92. The number of amides is 1. The number of rotatable bonds is 9. The molecule has 0 saturated carbocycles. The van der Waals surface area contributed by atoms with Crippen LogP contribution in [0.1, 0.15) is 11.6 Å². The van der Waals surface area contributed by atoms with E-state index in [0.29, 0.717) is 73.2 Å². The topological polar surface area (TPSA) is 142 Å². The van der Waals surface area contributed by atoms with Crippen molar-refractivity contribution < 1.29 is 23.1 Å². The fourth-order valence-corrected chi connectivity index (χ4v) is 5.55. The van der Waals surface area contributed by atoms with Gasteiger partial charge in [-0.15, -0.1) is 5.10 Å². The summed E-state index contributed by atoms with van der Waals surface area (Å²) in [6, 6.07) is 16.3. The Hall–Kier alpha value is -5.50. The summed E-state index contributed by atoms with van der Waals surface area (Å²) in [6.07, 6.45) is 3.10. The molecule has 5 heterocycles. The van der Waals surface area contributed by atoms with E-state index in [-0.39, 0.29) is 11.9 Å². The molecule has 2 N–H and O–H groups in total. The summed E-state index contributed by atoms with van der Waals surface area (Å²) in [5.74, 6) is 0.930. The van der Waals surface area contributed by atoms with Crippen LogP contribution in [0.4, 0.5) is 16.0 Å². The Morgan fingerprint density at radius 1 is 1.02 bits per heavy atom. The molecule has 14 heteroatoms. The molecule has 0 bridgehead atoms. The second kappa shape index (κ2) is 11.9. The molecule has 1 saturated heterocycles. The number of fused-ring (bicyclic) bond motifs is 3. The number of carbonyl (C=O) groups is 1. The molecule has 1 unspecified atom stereocenters. The fourth-order valence-electron chi connectivity index (χ4n) is 5.55. The number of nitrogens with zero attached hydrogens (tertiary/aromatic N) is 8. The van der Waals surface area contributed by atoms with Gasteiger partial charge in [0.2, 0.25) is 11.8 Å². The molecule has 45 heavy (non-hydrogen) atoms. The minimum atomic E-state index is -0.991. The van der Waals surface area contributed by atoms with E-state index in [1.807, 2.05) is 24.3 Å². The first-order chi connectivity index (χ1) is 22.0. The number of hydrogen-bond donors (Lipinski definition) is 1. The minimum absolute atomic E-state index is 0.0544. The lowest BCUT2D eigenvalue weighted by Crippen LogP contribution is -2.51. The quantitative estimate of drug-likeness (QED) is 0.242. The molecule has 6 aromatic rings. The first-order valence-electron chi connectivity index (χ1n) is 14.4. The summed E-state index contributed by atoms with van der Waals surface area (Å²) < 4.78 is 33.6. The molecule has 0 radical (unpaired) electrons. The van der Waals surface area contributed by atoms with E-state index in [4.69, 9.17) is 19.6 Å². The van der Waals surface area contributed by atoms with Crippen LogP contribution in [0.2, 0.25) is 0 Å². The number of benzene rings is 2. The number of hydrogen-bond acceptors (Lipinski definition) is 10. The predicted molar refractivity (Wildman–Crippen MR) is 163 cm³/mol. The molecule has 7 rings (SSSR count). The summed E-state index contributed by atoms with van der Waals surface area (Å²) in [5, 5.41) is 9.54. The fraction of sp³-hybridized carbons (Fsp3) is 0.258. The highest BCUT2D eigenvalue weighted by Crippen LogP contribution is 2.30. The summed E-state index contributed by atoms with van der Waals surface area (Å²) in [7, 11) is 1.63. The third-order valence-corrected chi connectivity index (χ3v) is 7.79. The lowest BCUT2D eigenvalue weighted by molar-refractivity contribution is -0.134. The smallest absolute Gasteiger partial charge is 0.252 e. The monoisotopic (exact) mass is 611 g/mol. The van der Waals surface area contributed by atoms with Gasteiger partial charge in [-0.1, -0.05) is 12.1 Å². The van der Waals surface area contributed by atoms with Gasteiger partial charge >= 0.3 is 0 Å². The Kier molecular flexibility index (Phi) is 7.47. The molecule has 4 aromatic heterocycles. The number of methoxy groups -OCH3 is 1. The third-order valence-electron chi connectivity index (χ3n) is 7.79. The van der Waals surface area contributed by atoms with Crippen LogP contribution < -0.4 is 15.4 Å². The highest BCUT2D eigenvalue weighted by atomic mass is 19.1. The van der Waals surface area contributed by atoms with Crippen molar-refractivity contribution in [2.75, 3.05) is 57.1 Å². The van der Waals surface area contributed by atoms with Gasteiger partial charge in [0.15, 0.2) is 23.1 Å². The van der Waals surface area contributed by atoms with Gasteiger partial charge in [0.05, 0.1) is 24.5 Å². The maximum atomic E-state index is 14.5. The van der Waals surface area contributed by atoms with Crippen LogP contribution in [-0.2, 0) is 9.53 Å². The Balaban J connectivity index is 1.17. The van der Waals surface area contributed by atoms with E-state index in [1.165, 1.54) is 27.6 Å². The molecule has 230 valence electrons. The molecule has 1 amide bonds. The van der Waals surface area contributed by atoms with Gasteiger partial charge in [-0.2, -0.15) is 14.6 Å². The van der Waals surface area contributed by atoms with Crippen molar-refractivity contribution in [2.45, 2.75) is 6.04 Å². The first-order valence-corrected chi connectivity index (χ1v) is 14.4. The predicted octanol–water partition coefficient (Wildman–Crippen LogP) is 3.42. The second-order valence-corrected chi connectivity index (χ2v) is 10.5. The van der Waals surface area contributed by atoms with Gasteiger partial charge in [0, 0.05) is 39.0 Å². The Bertz CT molecular complexity index is 1950. The molecule has 2 aromatic carbocycles. The largest absolute Gasteiger partial charge is 0.491 e. The highest BCUT2D eigenvalue weighted by Gasteiger charge is 2.33. The number of nitrogens with two attached hydrogens (primary N) is 1. The van der Waals surface area contributed by atoms with E-state index < -0.39 is 11.9 Å². The summed E-state index contributed by atoms with van der Waals surface area (Å²) in [4.78, 5) is 27.4. The van der Waals surface area contributed by atoms with Crippen LogP contribution >= 0.6 is 0 Å². The normalized spacial score (nSPS) is 14.4. The average molecular weight is 612 g/mol. The zero-order valence-corrected chi connectivity index (χ0v) is 24.4. The van der Waals surface area contributed by atoms with Crippen LogP contribution in [-0.4, -0.2) is 86.7 Å². The van der Waals surface area contributed by atoms with Crippen molar-refractivity contribution in [3.8, 4) is 17.3 Å². The summed E-state index contributed by atoms with van der Waals surface area (Å²) in [5.41, 5.74) is 8.52.